The average Bonchev–Trinajstić information content (AvgIpc) is 3.40. The molecule has 0 saturated heterocycles. The van der Waals surface area contributed by atoms with Gasteiger partial charge in [-0.05, 0) is 49.1 Å². The predicted octanol–water partition coefficient (Wildman–Crippen LogP) is -1.04. The topological polar surface area (TPSA) is 271 Å². The van der Waals surface area contributed by atoms with Crippen molar-refractivity contribution in [3.05, 3.63) is 65.9 Å². The molecule has 242 valence electrons. The summed E-state index contributed by atoms with van der Waals surface area (Å²) in [6.45, 7) is 1.46. The summed E-state index contributed by atoms with van der Waals surface area (Å²) in [5.74, 6) is -3.77. The molecule has 15 heteroatoms. The van der Waals surface area contributed by atoms with E-state index in [2.05, 4.69) is 25.9 Å². The van der Waals surface area contributed by atoms with Crippen molar-refractivity contribution in [2.24, 2.45) is 22.2 Å². The molecule has 0 fully saturated rings. The number of H-pyrrole nitrogens is 1. The standard InChI is InChI=1S/C30H40N8O7/c1-16(39)25(31)28(43)37-23(13-17-8-10-19(40)11-9-17)27(42)36-22(7-4-12-34-30(32)33)26(41)38-24(29(44)45)14-18-15-35-21-6-3-2-5-20(18)21/h2-3,5-6,8-11,15-16,22-25,35,39-40H,4,7,12-14,31H2,1H3,(H,36,42)(H,37,43)(H,38,41)(H,44,45)(H4,32,33,34). The number of nitrogens with one attached hydrogen (secondary N) is 4. The van der Waals surface area contributed by atoms with Crippen LogP contribution in [0.25, 0.3) is 10.9 Å². The number of nitrogens with two attached hydrogens (primary N) is 3. The number of amides is 3. The number of aromatic nitrogens is 1. The van der Waals surface area contributed by atoms with Crippen LogP contribution < -0.4 is 33.2 Å². The third-order valence-electron chi connectivity index (χ3n) is 7.12. The minimum atomic E-state index is -1.33. The first-order valence-electron chi connectivity index (χ1n) is 14.3. The van der Waals surface area contributed by atoms with Gasteiger partial charge in [0.05, 0.1) is 6.10 Å². The first kappa shape index (κ1) is 34.3. The molecule has 5 unspecified atom stereocenters. The highest BCUT2D eigenvalue weighted by Gasteiger charge is 2.31. The summed E-state index contributed by atoms with van der Waals surface area (Å²) in [5, 5.41) is 37.8. The second-order valence-electron chi connectivity index (χ2n) is 10.7. The summed E-state index contributed by atoms with van der Waals surface area (Å²) in [6.07, 6.45) is 0.665. The zero-order valence-corrected chi connectivity index (χ0v) is 24.8. The van der Waals surface area contributed by atoms with Gasteiger partial charge in [0.25, 0.3) is 0 Å². The summed E-state index contributed by atoms with van der Waals surface area (Å²) in [7, 11) is 0. The van der Waals surface area contributed by atoms with E-state index in [-0.39, 0.29) is 43.9 Å². The average molecular weight is 625 g/mol. The van der Waals surface area contributed by atoms with Crippen molar-refractivity contribution in [1.82, 2.24) is 20.9 Å². The number of fused-ring (bicyclic) bond motifs is 1. The first-order valence-corrected chi connectivity index (χ1v) is 14.3. The number of carbonyl (C=O) groups excluding carboxylic acids is 3. The van der Waals surface area contributed by atoms with E-state index in [0.29, 0.717) is 11.1 Å². The van der Waals surface area contributed by atoms with Crippen molar-refractivity contribution < 1.29 is 34.5 Å². The molecule has 0 radical (unpaired) electrons. The fraction of sp³-hybridized carbons (Fsp3) is 0.367. The highest BCUT2D eigenvalue weighted by atomic mass is 16.4. The SMILES string of the molecule is CC(O)C(N)C(=O)NC(Cc1ccc(O)cc1)C(=O)NC(CCCN=C(N)N)C(=O)NC(Cc1c[nH]c2ccccc12)C(=O)O. The number of carbonyl (C=O) groups is 4. The number of aromatic amines is 1. The van der Waals surface area contributed by atoms with Crippen LogP contribution in [0.15, 0.2) is 59.7 Å². The number of carboxylic acid groups (broad SMARTS) is 1. The third-order valence-corrected chi connectivity index (χ3v) is 7.12. The third kappa shape index (κ3) is 10.2. The molecule has 15 nitrogen and oxygen atoms in total. The van der Waals surface area contributed by atoms with Crippen LogP contribution in [-0.4, -0.2) is 86.8 Å². The van der Waals surface area contributed by atoms with Gasteiger partial charge in [-0.2, -0.15) is 0 Å². The van der Waals surface area contributed by atoms with E-state index in [1.807, 2.05) is 24.3 Å². The van der Waals surface area contributed by atoms with Crippen LogP contribution in [0.2, 0.25) is 0 Å². The summed E-state index contributed by atoms with van der Waals surface area (Å²) < 4.78 is 0. The normalized spacial score (nSPS) is 14.4. The second-order valence-corrected chi connectivity index (χ2v) is 10.7. The monoisotopic (exact) mass is 624 g/mol. The Kier molecular flexibility index (Phi) is 12.3. The Balaban J connectivity index is 1.83. The number of phenols is 1. The molecule has 45 heavy (non-hydrogen) atoms. The van der Waals surface area contributed by atoms with Gasteiger partial charge >= 0.3 is 5.97 Å². The molecule has 2 aromatic carbocycles. The quantitative estimate of drug-likeness (QED) is 0.0525. The van der Waals surface area contributed by atoms with Crippen molar-refractivity contribution in [3.63, 3.8) is 0 Å². The maximum atomic E-state index is 13.6. The van der Waals surface area contributed by atoms with Gasteiger partial charge in [0, 0.05) is 36.5 Å². The van der Waals surface area contributed by atoms with Gasteiger partial charge in [-0.3, -0.25) is 19.4 Å². The number of benzene rings is 2. The number of hydrogen-bond acceptors (Lipinski definition) is 8. The molecule has 3 aromatic rings. The molecule has 0 aliphatic heterocycles. The lowest BCUT2D eigenvalue weighted by molar-refractivity contribution is -0.142. The Morgan fingerprint density at radius 1 is 0.889 bits per heavy atom. The summed E-state index contributed by atoms with van der Waals surface area (Å²) in [4.78, 5) is 58.9. The van der Waals surface area contributed by atoms with Crippen LogP contribution in [-0.2, 0) is 32.0 Å². The first-order chi connectivity index (χ1) is 21.3. The molecule has 0 bridgehead atoms. The molecule has 1 heterocycles. The Morgan fingerprint density at radius 3 is 2.16 bits per heavy atom. The molecular weight excluding hydrogens is 584 g/mol. The van der Waals surface area contributed by atoms with Gasteiger partial charge in [0.2, 0.25) is 17.7 Å². The Labute approximate surface area is 259 Å². The van der Waals surface area contributed by atoms with Crippen molar-refractivity contribution in [3.8, 4) is 5.75 Å². The number of aliphatic hydroxyl groups is 1. The van der Waals surface area contributed by atoms with E-state index < -0.39 is 54.0 Å². The largest absolute Gasteiger partial charge is 0.508 e. The summed E-state index contributed by atoms with van der Waals surface area (Å²) in [6, 6.07) is 8.11. The second kappa shape index (κ2) is 16.1. The van der Waals surface area contributed by atoms with Crippen molar-refractivity contribution in [2.45, 2.75) is 62.9 Å². The number of hydrogen-bond donors (Lipinski definition) is 10. The smallest absolute Gasteiger partial charge is 0.326 e. The Bertz CT molecular complexity index is 1500. The van der Waals surface area contributed by atoms with Gasteiger partial charge < -0.3 is 53.5 Å². The number of nitrogens with zero attached hydrogens (tertiary/aromatic N) is 1. The number of aliphatic carboxylic acids is 1. The molecule has 0 spiro atoms. The lowest BCUT2D eigenvalue weighted by atomic mass is 10.0. The van der Waals surface area contributed by atoms with Crippen molar-refractivity contribution in [1.29, 1.82) is 0 Å². The molecule has 3 amide bonds. The van der Waals surface area contributed by atoms with Crippen LogP contribution in [0.1, 0.15) is 30.9 Å². The molecule has 0 saturated carbocycles. The number of aliphatic hydroxyl groups excluding tert-OH is 1. The van der Waals surface area contributed by atoms with E-state index in [1.54, 1.807) is 18.3 Å². The highest BCUT2D eigenvalue weighted by Crippen LogP contribution is 2.19. The fourth-order valence-electron chi connectivity index (χ4n) is 4.60. The van der Waals surface area contributed by atoms with Crippen molar-refractivity contribution >= 4 is 40.6 Å². The van der Waals surface area contributed by atoms with E-state index in [9.17, 15) is 34.5 Å². The predicted molar refractivity (Wildman–Crippen MR) is 167 cm³/mol. The van der Waals surface area contributed by atoms with Gasteiger partial charge in [0.1, 0.15) is 29.9 Å². The van der Waals surface area contributed by atoms with E-state index in [4.69, 9.17) is 17.2 Å². The number of aromatic hydroxyl groups is 1. The molecular formula is C30H40N8O7. The molecule has 0 aliphatic rings. The van der Waals surface area contributed by atoms with Crippen LogP contribution >= 0.6 is 0 Å². The molecule has 1 aromatic heterocycles. The van der Waals surface area contributed by atoms with Crippen LogP contribution in [0.5, 0.6) is 5.75 Å². The van der Waals surface area contributed by atoms with Crippen LogP contribution in [0, 0.1) is 0 Å². The molecule has 5 atom stereocenters. The number of aliphatic imine (C=N–C) groups is 1. The summed E-state index contributed by atoms with van der Waals surface area (Å²) >= 11 is 0. The lowest BCUT2D eigenvalue weighted by Crippen LogP contribution is -2.58. The van der Waals surface area contributed by atoms with E-state index in [1.165, 1.54) is 19.1 Å². The van der Waals surface area contributed by atoms with Gasteiger partial charge in [-0.25, -0.2) is 4.79 Å². The van der Waals surface area contributed by atoms with Gasteiger partial charge in [-0.15, -0.1) is 0 Å². The number of rotatable bonds is 16. The van der Waals surface area contributed by atoms with Crippen molar-refractivity contribution in [2.75, 3.05) is 6.54 Å². The molecule has 13 N–H and O–H groups in total. The number of guanidine groups is 1. The number of para-hydroxylation sites is 1. The molecule has 0 aliphatic carbocycles. The fourth-order valence-corrected chi connectivity index (χ4v) is 4.60. The highest BCUT2D eigenvalue weighted by molar-refractivity contribution is 5.94. The Hall–Kier alpha value is -5.15. The Morgan fingerprint density at radius 2 is 1.51 bits per heavy atom. The van der Waals surface area contributed by atoms with E-state index in [0.717, 1.165) is 10.9 Å². The maximum Gasteiger partial charge on any atom is 0.326 e. The maximum absolute atomic E-state index is 13.6. The van der Waals surface area contributed by atoms with Gasteiger partial charge in [0.15, 0.2) is 5.96 Å². The van der Waals surface area contributed by atoms with Crippen LogP contribution in [0.4, 0.5) is 0 Å². The molecule has 3 rings (SSSR count). The minimum absolute atomic E-state index is 0.00181. The summed E-state index contributed by atoms with van der Waals surface area (Å²) in [5.41, 5.74) is 18.6. The lowest BCUT2D eigenvalue weighted by Gasteiger charge is -2.26. The zero-order chi connectivity index (χ0) is 33.1. The van der Waals surface area contributed by atoms with Crippen LogP contribution in [0.3, 0.4) is 0 Å². The van der Waals surface area contributed by atoms with E-state index >= 15 is 0 Å². The zero-order valence-electron chi connectivity index (χ0n) is 24.8. The number of phenolic OH excluding ortho intramolecular Hbond substituents is 1. The van der Waals surface area contributed by atoms with Gasteiger partial charge in [-0.1, -0.05) is 30.3 Å². The number of carboxylic acids is 1. The minimum Gasteiger partial charge on any atom is -0.508 e.